The molecule has 2 aromatic rings. The van der Waals surface area contributed by atoms with Gasteiger partial charge in [-0.2, -0.15) is 0 Å². The molecule has 0 spiro atoms. The van der Waals surface area contributed by atoms with Gasteiger partial charge < -0.3 is 10.5 Å². The predicted octanol–water partition coefficient (Wildman–Crippen LogP) is 3.41. The molecule has 0 bridgehead atoms. The Hall–Kier alpha value is -1.58. The second kappa shape index (κ2) is 5.59. The van der Waals surface area contributed by atoms with Crippen LogP contribution >= 0.6 is 11.6 Å². The van der Waals surface area contributed by atoms with E-state index in [9.17, 15) is 0 Å². The highest BCUT2D eigenvalue weighted by atomic mass is 35.5. The number of ether oxygens (including phenoxy) is 1. The van der Waals surface area contributed by atoms with Crippen molar-refractivity contribution < 1.29 is 4.74 Å². The van der Waals surface area contributed by atoms with Crippen LogP contribution < -0.4 is 10.5 Å². The highest BCUT2D eigenvalue weighted by molar-refractivity contribution is 6.30. The Morgan fingerprint density at radius 3 is 2.58 bits per heavy atom. The molecule has 19 heavy (non-hydrogen) atoms. The number of aromatic nitrogens is 1. The smallest absolute Gasteiger partial charge is 0.124 e. The third kappa shape index (κ3) is 2.88. The molecular formula is C15H17ClN2O. The number of nitrogens with zero attached hydrogens (tertiary/aromatic N) is 1. The predicted molar refractivity (Wildman–Crippen MR) is 77.7 cm³/mol. The van der Waals surface area contributed by atoms with E-state index in [1.54, 1.807) is 19.4 Å². The third-order valence-corrected chi connectivity index (χ3v) is 3.32. The minimum Gasteiger partial charge on any atom is -0.496 e. The lowest BCUT2D eigenvalue weighted by Gasteiger charge is -2.18. The first-order valence-electron chi connectivity index (χ1n) is 6.05. The summed E-state index contributed by atoms with van der Waals surface area (Å²) in [5.74, 6) is 0.793. The van der Waals surface area contributed by atoms with Gasteiger partial charge in [-0.1, -0.05) is 17.7 Å². The zero-order chi connectivity index (χ0) is 14.0. The average Bonchev–Trinajstić information content (AvgIpc) is 2.38. The lowest BCUT2D eigenvalue weighted by atomic mass is 9.96. The molecule has 1 unspecified atom stereocenters. The van der Waals surface area contributed by atoms with E-state index in [0.717, 1.165) is 28.1 Å². The summed E-state index contributed by atoms with van der Waals surface area (Å²) >= 11 is 5.84. The van der Waals surface area contributed by atoms with E-state index >= 15 is 0 Å². The summed E-state index contributed by atoms with van der Waals surface area (Å²) in [5.41, 5.74) is 10.3. The molecule has 0 aliphatic carbocycles. The Kier molecular flexibility index (Phi) is 4.08. The summed E-state index contributed by atoms with van der Waals surface area (Å²) in [5, 5.41) is 0.601. The van der Waals surface area contributed by atoms with Gasteiger partial charge in [0, 0.05) is 11.8 Å². The largest absolute Gasteiger partial charge is 0.496 e. The van der Waals surface area contributed by atoms with E-state index < -0.39 is 0 Å². The number of pyridine rings is 1. The van der Waals surface area contributed by atoms with Gasteiger partial charge in [0.25, 0.3) is 0 Å². The maximum Gasteiger partial charge on any atom is 0.124 e. The van der Waals surface area contributed by atoms with Crippen LogP contribution in [0.2, 0.25) is 5.02 Å². The van der Waals surface area contributed by atoms with Gasteiger partial charge in [0.05, 0.1) is 23.9 Å². The van der Waals surface area contributed by atoms with E-state index in [0.29, 0.717) is 5.02 Å². The van der Waals surface area contributed by atoms with Crippen molar-refractivity contribution in [2.24, 2.45) is 5.73 Å². The quantitative estimate of drug-likeness (QED) is 0.935. The lowest BCUT2D eigenvalue weighted by Crippen LogP contribution is -2.16. The van der Waals surface area contributed by atoms with Gasteiger partial charge in [-0.25, -0.2) is 0 Å². The molecular weight excluding hydrogens is 260 g/mol. The fourth-order valence-corrected chi connectivity index (χ4v) is 2.34. The molecule has 0 fully saturated rings. The van der Waals surface area contributed by atoms with E-state index in [4.69, 9.17) is 22.1 Å². The van der Waals surface area contributed by atoms with Crippen molar-refractivity contribution in [1.29, 1.82) is 0 Å². The maximum atomic E-state index is 6.31. The van der Waals surface area contributed by atoms with Crippen molar-refractivity contribution in [3.63, 3.8) is 0 Å². The van der Waals surface area contributed by atoms with Crippen LogP contribution in [0.15, 0.2) is 30.5 Å². The summed E-state index contributed by atoms with van der Waals surface area (Å²) in [7, 11) is 1.65. The summed E-state index contributed by atoms with van der Waals surface area (Å²) in [6.45, 7) is 4.06. The van der Waals surface area contributed by atoms with Gasteiger partial charge in [0.1, 0.15) is 5.75 Å². The molecule has 0 saturated carbocycles. The SMILES string of the molecule is COc1cc(C)cc(C)c1C(N)c1ccc(Cl)cn1. The van der Waals surface area contributed by atoms with Crippen molar-refractivity contribution in [2.75, 3.05) is 7.11 Å². The fourth-order valence-electron chi connectivity index (χ4n) is 2.23. The number of hydrogen-bond acceptors (Lipinski definition) is 3. The van der Waals surface area contributed by atoms with Crippen molar-refractivity contribution in [3.8, 4) is 5.75 Å². The molecule has 1 heterocycles. The summed E-state index contributed by atoms with van der Waals surface area (Å²) in [4.78, 5) is 4.28. The van der Waals surface area contributed by atoms with Crippen molar-refractivity contribution in [3.05, 3.63) is 57.9 Å². The van der Waals surface area contributed by atoms with Crippen LogP contribution in [0.5, 0.6) is 5.75 Å². The first kappa shape index (κ1) is 13.8. The molecule has 100 valence electrons. The molecule has 3 nitrogen and oxygen atoms in total. The molecule has 4 heteroatoms. The average molecular weight is 277 g/mol. The Morgan fingerprint density at radius 2 is 2.00 bits per heavy atom. The number of nitrogens with two attached hydrogens (primary N) is 1. The van der Waals surface area contributed by atoms with Crippen LogP contribution in [-0.4, -0.2) is 12.1 Å². The van der Waals surface area contributed by atoms with E-state index in [2.05, 4.69) is 11.1 Å². The molecule has 0 saturated heterocycles. The van der Waals surface area contributed by atoms with E-state index in [1.165, 1.54) is 0 Å². The Labute approximate surface area is 118 Å². The van der Waals surface area contributed by atoms with Gasteiger partial charge in [0.2, 0.25) is 0 Å². The second-order valence-electron chi connectivity index (χ2n) is 4.58. The van der Waals surface area contributed by atoms with Gasteiger partial charge in [0.15, 0.2) is 0 Å². The molecule has 0 aliphatic heterocycles. The van der Waals surface area contributed by atoms with Crippen LogP contribution in [0.25, 0.3) is 0 Å². The van der Waals surface area contributed by atoms with Crippen LogP contribution in [0.1, 0.15) is 28.4 Å². The lowest BCUT2D eigenvalue weighted by molar-refractivity contribution is 0.406. The molecule has 1 atom stereocenters. The zero-order valence-corrected chi connectivity index (χ0v) is 12.0. The highest BCUT2D eigenvalue weighted by Gasteiger charge is 2.18. The summed E-state index contributed by atoms with van der Waals surface area (Å²) < 4.78 is 5.44. The van der Waals surface area contributed by atoms with Crippen LogP contribution in [0.3, 0.4) is 0 Å². The second-order valence-corrected chi connectivity index (χ2v) is 5.01. The minimum atomic E-state index is -0.326. The van der Waals surface area contributed by atoms with E-state index in [-0.39, 0.29) is 6.04 Å². The number of hydrogen-bond donors (Lipinski definition) is 1. The van der Waals surface area contributed by atoms with E-state index in [1.807, 2.05) is 26.0 Å². The van der Waals surface area contributed by atoms with Crippen LogP contribution in [0.4, 0.5) is 0 Å². The normalized spacial score (nSPS) is 12.3. The maximum absolute atomic E-state index is 6.31. The Morgan fingerprint density at radius 1 is 1.26 bits per heavy atom. The Bertz CT molecular complexity index is 581. The zero-order valence-electron chi connectivity index (χ0n) is 11.3. The van der Waals surface area contributed by atoms with Crippen LogP contribution in [0, 0.1) is 13.8 Å². The molecule has 1 aromatic carbocycles. The van der Waals surface area contributed by atoms with Gasteiger partial charge in [-0.05, 0) is 43.2 Å². The molecule has 1 aromatic heterocycles. The summed E-state index contributed by atoms with van der Waals surface area (Å²) in [6.07, 6.45) is 1.60. The summed E-state index contributed by atoms with van der Waals surface area (Å²) in [6, 6.07) is 7.38. The molecule has 0 aliphatic rings. The molecule has 2 rings (SSSR count). The topological polar surface area (TPSA) is 48.1 Å². The van der Waals surface area contributed by atoms with Gasteiger partial charge in [-0.15, -0.1) is 0 Å². The number of halogens is 1. The Balaban J connectivity index is 2.49. The van der Waals surface area contributed by atoms with Crippen molar-refractivity contribution in [1.82, 2.24) is 4.98 Å². The van der Waals surface area contributed by atoms with Crippen molar-refractivity contribution >= 4 is 11.6 Å². The van der Waals surface area contributed by atoms with Gasteiger partial charge >= 0.3 is 0 Å². The number of aryl methyl sites for hydroxylation is 2. The monoisotopic (exact) mass is 276 g/mol. The molecule has 0 amide bonds. The first-order valence-corrected chi connectivity index (χ1v) is 6.43. The number of rotatable bonds is 3. The van der Waals surface area contributed by atoms with Crippen LogP contribution in [-0.2, 0) is 0 Å². The van der Waals surface area contributed by atoms with Crippen molar-refractivity contribution in [2.45, 2.75) is 19.9 Å². The first-order chi connectivity index (χ1) is 9.02. The molecule has 0 radical (unpaired) electrons. The standard InChI is InChI=1S/C15H17ClN2O/c1-9-6-10(2)14(13(7-9)19-3)15(17)12-5-4-11(16)8-18-12/h4-8,15H,17H2,1-3H3. The third-order valence-electron chi connectivity index (χ3n) is 3.09. The van der Waals surface area contributed by atoms with Gasteiger partial charge in [-0.3, -0.25) is 4.98 Å². The minimum absolute atomic E-state index is 0.326. The number of benzene rings is 1. The molecule has 2 N–H and O–H groups in total. The number of methoxy groups -OCH3 is 1. The highest BCUT2D eigenvalue weighted by Crippen LogP contribution is 2.31. The fraction of sp³-hybridized carbons (Fsp3) is 0.267.